The lowest BCUT2D eigenvalue weighted by atomic mass is 9.33. The average Bonchev–Trinajstić information content (AvgIpc) is 3.60. The highest BCUT2D eigenvalue weighted by atomic mass is 15.3. The highest BCUT2D eigenvalue weighted by molar-refractivity contribution is 7.01. The molecule has 0 spiro atoms. The predicted octanol–water partition coefficient (Wildman–Crippen LogP) is 8.87. The number of hydrogen-bond acceptors (Lipinski definition) is 2. The van der Waals surface area contributed by atoms with Gasteiger partial charge in [0.25, 0.3) is 6.71 Å². The van der Waals surface area contributed by atoms with Crippen LogP contribution in [-0.4, -0.2) is 11.3 Å². The third kappa shape index (κ3) is 3.47. The molecule has 10 rings (SSSR count). The van der Waals surface area contributed by atoms with E-state index in [-0.39, 0.29) is 12.1 Å². The molecule has 0 atom stereocenters. The smallest absolute Gasteiger partial charge is 0.255 e. The van der Waals surface area contributed by atoms with Gasteiger partial charge in [-0.05, 0) is 82.1 Å². The minimum atomic E-state index is -0.208. The minimum Gasteiger partial charge on any atom is -0.311 e. The molecule has 0 fully saturated rings. The van der Waals surface area contributed by atoms with Crippen molar-refractivity contribution in [3.63, 3.8) is 0 Å². The van der Waals surface area contributed by atoms with Gasteiger partial charge in [-0.1, -0.05) is 117 Å². The average molecular weight is 602 g/mol. The van der Waals surface area contributed by atoms with Crippen LogP contribution < -0.4 is 26.2 Å². The van der Waals surface area contributed by atoms with Crippen LogP contribution in [0.2, 0.25) is 0 Å². The van der Waals surface area contributed by atoms with Crippen LogP contribution in [0.25, 0.3) is 16.8 Å². The lowest BCUT2D eigenvalue weighted by Gasteiger charge is -2.44. The van der Waals surface area contributed by atoms with Gasteiger partial charge in [-0.15, -0.1) is 0 Å². The molecule has 47 heavy (non-hydrogen) atoms. The van der Waals surface area contributed by atoms with E-state index in [0.29, 0.717) is 0 Å². The molecule has 1 aromatic heterocycles. The number of rotatable bonds is 3. The molecule has 0 radical (unpaired) electrons. The van der Waals surface area contributed by atoms with E-state index in [2.05, 4.69) is 186 Å². The molecule has 222 valence electrons. The van der Waals surface area contributed by atoms with Gasteiger partial charge in [0.15, 0.2) is 0 Å². The maximum atomic E-state index is 2.58. The summed E-state index contributed by atoms with van der Waals surface area (Å²) in [6.45, 7) is 4.85. The number of para-hydroxylation sites is 4. The van der Waals surface area contributed by atoms with E-state index < -0.39 is 0 Å². The van der Waals surface area contributed by atoms with Crippen LogP contribution in [0, 0.1) is 0 Å². The molecule has 3 nitrogen and oxygen atoms in total. The normalized spacial score (nSPS) is 14.6. The quantitative estimate of drug-likeness (QED) is 0.188. The Kier molecular flexibility index (Phi) is 5.43. The molecule has 7 aromatic rings. The van der Waals surface area contributed by atoms with Gasteiger partial charge in [0.2, 0.25) is 0 Å². The van der Waals surface area contributed by atoms with Crippen molar-refractivity contribution in [1.82, 2.24) is 4.57 Å². The minimum absolute atomic E-state index is 0.0491. The van der Waals surface area contributed by atoms with Crippen molar-refractivity contribution in [3.8, 4) is 16.8 Å². The Morgan fingerprint density at radius 2 is 1.00 bits per heavy atom. The number of hydrogen-bond donors (Lipinski definition) is 0. The van der Waals surface area contributed by atoms with E-state index in [1.165, 1.54) is 73.0 Å². The third-order valence-electron chi connectivity index (χ3n) is 10.5. The first kappa shape index (κ1) is 26.5. The maximum absolute atomic E-state index is 2.58. The summed E-state index contributed by atoms with van der Waals surface area (Å²) in [6.07, 6.45) is 0. The summed E-state index contributed by atoms with van der Waals surface area (Å²) in [4.78, 5) is 5.00. The van der Waals surface area contributed by atoms with Crippen molar-refractivity contribution in [2.45, 2.75) is 19.3 Å². The summed E-state index contributed by atoms with van der Waals surface area (Å²) in [5.74, 6) is 1.23. The molecule has 0 saturated carbocycles. The maximum Gasteiger partial charge on any atom is 0.255 e. The van der Waals surface area contributed by atoms with E-state index in [1.807, 2.05) is 0 Å². The molecule has 3 aliphatic rings. The molecule has 1 aliphatic carbocycles. The summed E-state index contributed by atoms with van der Waals surface area (Å²) >= 11 is 0. The van der Waals surface area contributed by atoms with Crippen molar-refractivity contribution in [1.29, 1.82) is 0 Å². The van der Waals surface area contributed by atoms with E-state index in [1.54, 1.807) is 0 Å². The van der Waals surface area contributed by atoms with Gasteiger partial charge in [0.1, 0.15) is 5.82 Å². The van der Waals surface area contributed by atoms with Crippen molar-refractivity contribution in [2.24, 2.45) is 0 Å². The zero-order valence-electron chi connectivity index (χ0n) is 26.4. The molecule has 0 unspecified atom stereocenters. The van der Waals surface area contributed by atoms with Crippen LogP contribution in [0.1, 0.15) is 25.1 Å². The number of benzene rings is 6. The van der Waals surface area contributed by atoms with Gasteiger partial charge in [-0.3, -0.25) is 9.47 Å². The van der Waals surface area contributed by atoms with Crippen molar-refractivity contribution in [2.75, 3.05) is 9.80 Å². The molecule has 0 amide bonds. The number of aromatic nitrogens is 1. The van der Waals surface area contributed by atoms with Crippen molar-refractivity contribution >= 4 is 57.4 Å². The fourth-order valence-electron chi connectivity index (χ4n) is 8.69. The zero-order chi connectivity index (χ0) is 31.3. The van der Waals surface area contributed by atoms with Gasteiger partial charge >= 0.3 is 0 Å². The Morgan fingerprint density at radius 3 is 1.70 bits per heavy atom. The topological polar surface area (TPSA) is 11.4 Å². The van der Waals surface area contributed by atoms with E-state index in [0.717, 1.165) is 5.69 Å². The van der Waals surface area contributed by atoms with Gasteiger partial charge < -0.3 is 4.90 Å². The van der Waals surface area contributed by atoms with E-state index in [9.17, 15) is 0 Å². The number of fused-ring (bicyclic) bond motifs is 8. The molecule has 2 aliphatic heterocycles. The summed E-state index contributed by atoms with van der Waals surface area (Å²) in [6, 6.07) is 57.7. The van der Waals surface area contributed by atoms with Crippen LogP contribution in [0.4, 0.5) is 34.3 Å². The highest BCUT2D eigenvalue weighted by Crippen LogP contribution is 2.54. The molecular formula is C43H32BN3. The summed E-state index contributed by atoms with van der Waals surface area (Å²) in [5.41, 5.74) is 16.5. The molecule has 4 heteroatoms. The first-order chi connectivity index (χ1) is 23.1. The molecule has 0 bridgehead atoms. The zero-order valence-corrected chi connectivity index (χ0v) is 26.4. The van der Waals surface area contributed by atoms with E-state index >= 15 is 0 Å². The predicted molar refractivity (Wildman–Crippen MR) is 197 cm³/mol. The fourth-order valence-corrected chi connectivity index (χ4v) is 8.69. The van der Waals surface area contributed by atoms with Crippen LogP contribution in [0.15, 0.2) is 158 Å². The second kappa shape index (κ2) is 9.64. The number of nitrogens with zero attached hydrogens (tertiary/aromatic N) is 3. The SMILES string of the molecule is CC1(C)c2ccccc2-c2c3c(n(-c4ccccc4)c21)N(c1ccccc1)c1cccc2c1B3c1ccccc1N2c1ccccc1. The Morgan fingerprint density at radius 1 is 0.468 bits per heavy atom. The van der Waals surface area contributed by atoms with Crippen molar-refractivity contribution in [3.05, 3.63) is 169 Å². The Hall–Kier alpha value is -5.74. The molecule has 6 aromatic carbocycles. The molecular weight excluding hydrogens is 569 g/mol. The molecule has 0 saturated heterocycles. The Labute approximate surface area is 276 Å². The molecule has 3 heterocycles. The monoisotopic (exact) mass is 601 g/mol. The standard InChI is InChI=1S/C43H32BN3/c1-43(2)33-24-13-12-23-32(33)38-40-42(47(41(38)43)31-21-10-5-11-22-31)46(30-19-8-4-9-20-30)37-28-16-27-36-39(37)44(40)34-25-14-15-26-35(34)45(36)29-17-6-3-7-18-29/h3-28H,1-2H3. The first-order valence-corrected chi connectivity index (χ1v) is 16.5. The van der Waals surface area contributed by atoms with Gasteiger partial charge in [0, 0.05) is 50.8 Å². The Bertz CT molecular complexity index is 2340. The highest BCUT2D eigenvalue weighted by Gasteiger charge is 2.51. The van der Waals surface area contributed by atoms with E-state index in [4.69, 9.17) is 0 Å². The molecule has 0 N–H and O–H groups in total. The van der Waals surface area contributed by atoms with Gasteiger partial charge in [0.05, 0.1) is 0 Å². The van der Waals surface area contributed by atoms with Crippen LogP contribution >= 0.6 is 0 Å². The first-order valence-electron chi connectivity index (χ1n) is 16.5. The lowest BCUT2D eigenvalue weighted by molar-refractivity contribution is 0.620. The summed E-state index contributed by atoms with van der Waals surface area (Å²) in [7, 11) is 0. The van der Waals surface area contributed by atoms with Crippen LogP contribution in [-0.2, 0) is 5.41 Å². The lowest BCUT2D eigenvalue weighted by Crippen LogP contribution is -2.61. The third-order valence-corrected chi connectivity index (χ3v) is 10.5. The summed E-state index contributed by atoms with van der Waals surface area (Å²) in [5, 5.41) is 0. The number of anilines is 6. The van der Waals surface area contributed by atoms with Gasteiger partial charge in [-0.25, -0.2) is 0 Å². The second-order valence-electron chi connectivity index (χ2n) is 13.3. The van der Waals surface area contributed by atoms with Crippen molar-refractivity contribution < 1.29 is 0 Å². The Balaban J connectivity index is 1.41. The van der Waals surface area contributed by atoms with Crippen LogP contribution in [0.5, 0.6) is 0 Å². The largest absolute Gasteiger partial charge is 0.311 e. The fraction of sp³-hybridized carbons (Fsp3) is 0.0698. The second-order valence-corrected chi connectivity index (χ2v) is 13.3. The van der Waals surface area contributed by atoms with Crippen LogP contribution in [0.3, 0.4) is 0 Å². The summed E-state index contributed by atoms with van der Waals surface area (Å²) < 4.78 is 2.58. The van der Waals surface area contributed by atoms with Gasteiger partial charge in [-0.2, -0.15) is 0 Å².